The SMILES string of the molecule is CC(N)CCNc1ccc([N+](=O)[O-])cc1C(F)F. The predicted molar refractivity (Wildman–Crippen MR) is 64.8 cm³/mol. The van der Waals surface area contributed by atoms with Crippen LogP contribution in [0.25, 0.3) is 0 Å². The van der Waals surface area contributed by atoms with Gasteiger partial charge in [-0.25, -0.2) is 8.78 Å². The molecule has 0 bridgehead atoms. The van der Waals surface area contributed by atoms with E-state index in [-0.39, 0.29) is 23.0 Å². The van der Waals surface area contributed by atoms with Crippen molar-refractivity contribution < 1.29 is 13.7 Å². The van der Waals surface area contributed by atoms with Crippen LogP contribution in [0.3, 0.4) is 0 Å². The third-order valence-corrected chi connectivity index (χ3v) is 2.40. The van der Waals surface area contributed by atoms with E-state index in [4.69, 9.17) is 5.73 Å². The lowest BCUT2D eigenvalue weighted by molar-refractivity contribution is -0.385. The van der Waals surface area contributed by atoms with Crippen LogP contribution in [0.4, 0.5) is 20.2 Å². The van der Waals surface area contributed by atoms with Gasteiger partial charge in [0, 0.05) is 36.0 Å². The lowest BCUT2D eigenvalue weighted by Crippen LogP contribution is -2.19. The quantitative estimate of drug-likeness (QED) is 0.608. The molecule has 1 aromatic rings. The van der Waals surface area contributed by atoms with Gasteiger partial charge in [0.2, 0.25) is 0 Å². The lowest BCUT2D eigenvalue weighted by atomic mass is 10.1. The van der Waals surface area contributed by atoms with E-state index in [0.29, 0.717) is 13.0 Å². The smallest absolute Gasteiger partial charge is 0.270 e. The minimum absolute atomic E-state index is 0.0365. The molecule has 0 radical (unpaired) electrons. The van der Waals surface area contributed by atoms with Gasteiger partial charge in [-0.3, -0.25) is 10.1 Å². The Bertz CT molecular complexity index is 425. The summed E-state index contributed by atoms with van der Waals surface area (Å²) in [5.74, 6) is 0. The summed E-state index contributed by atoms with van der Waals surface area (Å²) in [7, 11) is 0. The standard InChI is InChI=1S/C11H15F2N3O2/c1-7(14)4-5-15-10-3-2-8(16(17)18)6-9(10)11(12)13/h2-3,6-7,11,15H,4-5,14H2,1H3. The number of alkyl halides is 2. The fourth-order valence-corrected chi connectivity index (χ4v) is 1.44. The molecule has 1 unspecified atom stereocenters. The van der Waals surface area contributed by atoms with Crippen molar-refractivity contribution in [3.8, 4) is 0 Å². The molecule has 1 rings (SSSR count). The molecule has 100 valence electrons. The highest BCUT2D eigenvalue weighted by Crippen LogP contribution is 2.30. The van der Waals surface area contributed by atoms with Crippen LogP contribution in [0.5, 0.6) is 0 Å². The largest absolute Gasteiger partial charge is 0.385 e. The van der Waals surface area contributed by atoms with Gasteiger partial charge in [-0.15, -0.1) is 0 Å². The zero-order valence-corrected chi connectivity index (χ0v) is 9.90. The maximum atomic E-state index is 12.8. The summed E-state index contributed by atoms with van der Waals surface area (Å²) >= 11 is 0. The van der Waals surface area contributed by atoms with Crippen LogP contribution >= 0.6 is 0 Å². The third-order valence-electron chi connectivity index (χ3n) is 2.40. The van der Waals surface area contributed by atoms with Crippen LogP contribution in [-0.2, 0) is 0 Å². The first-order chi connectivity index (χ1) is 8.41. The molecule has 1 aromatic carbocycles. The third kappa shape index (κ3) is 3.92. The van der Waals surface area contributed by atoms with Crippen LogP contribution in [-0.4, -0.2) is 17.5 Å². The summed E-state index contributed by atoms with van der Waals surface area (Å²) in [6.07, 6.45) is -2.14. The Morgan fingerprint density at radius 3 is 2.67 bits per heavy atom. The first-order valence-electron chi connectivity index (χ1n) is 5.47. The van der Waals surface area contributed by atoms with Crippen LogP contribution < -0.4 is 11.1 Å². The van der Waals surface area contributed by atoms with Gasteiger partial charge < -0.3 is 11.1 Å². The molecule has 1 atom stereocenters. The molecule has 0 saturated carbocycles. The second-order valence-corrected chi connectivity index (χ2v) is 4.02. The number of nitro benzene ring substituents is 1. The summed E-state index contributed by atoms with van der Waals surface area (Å²) in [5, 5.41) is 13.3. The number of anilines is 1. The maximum Gasteiger partial charge on any atom is 0.270 e. The Morgan fingerprint density at radius 2 is 2.17 bits per heavy atom. The normalized spacial score (nSPS) is 12.5. The summed E-state index contributed by atoms with van der Waals surface area (Å²) in [4.78, 5) is 9.82. The second kappa shape index (κ2) is 6.25. The van der Waals surface area contributed by atoms with Crippen molar-refractivity contribution >= 4 is 11.4 Å². The average Bonchev–Trinajstić information content (AvgIpc) is 2.28. The van der Waals surface area contributed by atoms with Crippen LogP contribution in [0, 0.1) is 10.1 Å². The number of rotatable bonds is 6. The van der Waals surface area contributed by atoms with E-state index in [1.54, 1.807) is 0 Å². The van der Waals surface area contributed by atoms with E-state index in [9.17, 15) is 18.9 Å². The predicted octanol–water partition coefficient (Wildman–Crippen LogP) is 2.68. The summed E-state index contributed by atoms with van der Waals surface area (Å²) in [5.41, 5.74) is 5.03. The number of nitrogens with one attached hydrogen (secondary N) is 1. The number of non-ortho nitro benzene ring substituents is 1. The van der Waals surface area contributed by atoms with E-state index < -0.39 is 11.3 Å². The lowest BCUT2D eigenvalue weighted by Gasteiger charge is -2.12. The van der Waals surface area contributed by atoms with E-state index >= 15 is 0 Å². The molecule has 0 aliphatic rings. The van der Waals surface area contributed by atoms with Gasteiger partial charge in [-0.1, -0.05) is 0 Å². The highest BCUT2D eigenvalue weighted by atomic mass is 19.3. The number of hydrogen-bond acceptors (Lipinski definition) is 4. The van der Waals surface area contributed by atoms with Crippen molar-refractivity contribution in [2.45, 2.75) is 25.8 Å². The Hall–Kier alpha value is -1.76. The van der Waals surface area contributed by atoms with Crippen molar-refractivity contribution in [2.75, 3.05) is 11.9 Å². The molecule has 0 aliphatic heterocycles. The molecular formula is C11H15F2N3O2. The summed E-state index contributed by atoms with van der Waals surface area (Å²) in [6, 6.07) is 3.34. The molecule has 18 heavy (non-hydrogen) atoms. The minimum Gasteiger partial charge on any atom is -0.385 e. The number of hydrogen-bond donors (Lipinski definition) is 2. The van der Waals surface area contributed by atoms with E-state index in [2.05, 4.69) is 5.32 Å². The van der Waals surface area contributed by atoms with Crippen molar-refractivity contribution in [3.63, 3.8) is 0 Å². The fourth-order valence-electron chi connectivity index (χ4n) is 1.44. The molecule has 0 fully saturated rings. The molecule has 0 amide bonds. The van der Waals surface area contributed by atoms with E-state index in [0.717, 1.165) is 6.07 Å². The van der Waals surface area contributed by atoms with Crippen LogP contribution in [0.15, 0.2) is 18.2 Å². The Balaban J connectivity index is 2.86. The van der Waals surface area contributed by atoms with Gasteiger partial charge in [0.1, 0.15) is 0 Å². The average molecular weight is 259 g/mol. The van der Waals surface area contributed by atoms with Crippen molar-refractivity contribution in [2.24, 2.45) is 5.73 Å². The molecule has 0 spiro atoms. The minimum atomic E-state index is -2.76. The molecule has 0 aromatic heterocycles. The molecule has 0 heterocycles. The number of benzene rings is 1. The fraction of sp³-hybridized carbons (Fsp3) is 0.455. The van der Waals surface area contributed by atoms with Crippen molar-refractivity contribution in [1.82, 2.24) is 0 Å². The van der Waals surface area contributed by atoms with Crippen LogP contribution in [0.2, 0.25) is 0 Å². The first-order valence-corrected chi connectivity index (χ1v) is 5.47. The van der Waals surface area contributed by atoms with Crippen molar-refractivity contribution in [3.05, 3.63) is 33.9 Å². The molecule has 0 aliphatic carbocycles. The van der Waals surface area contributed by atoms with E-state index in [1.165, 1.54) is 12.1 Å². The zero-order chi connectivity index (χ0) is 13.7. The highest BCUT2D eigenvalue weighted by Gasteiger charge is 2.17. The number of nitrogens with zero attached hydrogens (tertiary/aromatic N) is 1. The van der Waals surface area contributed by atoms with Gasteiger partial charge >= 0.3 is 0 Å². The van der Waals surface area contributed by atoms with E-state index in [1.807, 2.05) is 6.92 Å². The molecular weight excluding hydrogens is 244 g/mol. The van der Waals surface area contributed by atoms with Gasteiger partial charge in [0.25, 0.3) is 12.1 Å². The second-order valence-electron chi connectivity index (χ2n) is 4.02. The first kappa shape index (κ1) is 14.3. The number of nitrogens with two attached hydrogens (primary N) is 1. The van der Waals surface area contributed by atoms with Gasteiger partial charge in [-0.2, -0.15) is 0 Å². The molecule has 0 saturated heterocycles. The highest BCUT2D eigenvalue weighted by molar-refractivity contribution is 5.56. The zero-order valence-electron chi connectivity index (χ0n) is 9.90. The van der Waals surface area contributed by atoms with Gasteiger partial charge in [0.05, 0.1) is 4.92 Å². The monoisotopic (exact) mass is 259 g/mol. The topological polar surface area (TPSA) is 81.2 Å². The summed E-state index contributed by atoms with van der Waals surface area (Å²) in [6.45, 7) is 2.25. The Morgan fingerprint density at radius 1 is 1.50 bits per heavy atom. The van der Waals surface area contributed by atoms with Crippen molar-refractivity contribution in [1.29, 1.82) is 0 Å². The van der Waals surface area contributed by atoms with Gasteiger partial charge in [-0.05, 0) is 19.4 Å². The van der Waals surface area contributed by atoms with Gasteiger partial charge in [0.15, 0.2) is 0 Å². The molecule has 3 N–H and O–H groups in total. The Kier molecular flexibility index (Phi) is 4.96. The molecule has 7 heteroatoms. The summed E-state index contributed by atoms with van der Waals surface area (Å²) < 4.78 is 25.5. The Labute approximate surface area is 103 Å². The number of halogens is 2. The van der Waals surface area contributed by atoms with Crippen LogP contribution in [0.1, 0.15) is 25.3 Å². The molecule has 5 nitrogen and oxygen atoms in total. The maximum absolute atomic E-state index is 12.8. The number of nitro groups is 1.